The summed E-state index contributed by atoms with van der Waals surface area (Å²) in [5.74, 6) is 1.48. The van der Waals surface area contributed by atoms with Crippen molar-refractivity contribution < 1.29 is 20.1 Å². The van der Waals surface area contributed by atoms with Gasteiger partial charge in [0.1, 0.15) is 23.8 Å². The highest BCUT2D eigenvalue weighted by molar-refractivity contribution is 5.66. The van der Waals surface area contributed by atoms with E-state index >= 15 is 0 Å². The number of aliphatic hydroxyl groups is 3. The normalized spacial score (nSPS) is 16.9. The van der Waals surface area contributed by atoms with Gasteiger partial charge in [0.05, 0.1) is 12.6 Å². The van der Waals surface area contributed by atoms with Crippen molar-refractivity contribution in [3.05, 3.63) is 78.4 Å². The van der Waals surface area contributed by atoms with Gasteiger partial charge in [-0.3, -0.25) is 0 Å². The molecule has 2 atom stereocenters. The fraction of sp³-hybridized carbons (Fsp3) is 0.414. The average Bonchev–Trinajstić information content (AvgIpc) is 3.39. The third-order valence-corrected chi connectivity index (χ3v) is 6.72. The van der Waals surface area contributed by atoms with Crippen LogP contribution in [-0.4, -0.2) is 68.7 Å². The smallest absolute Gasteiger partial charge is 0.137 e. The van der Waals surface area contributed by atoms with Crippen LogP contribution in [-0.2, 0) is 0 Å². The number of likely N-dealkylation sites (tertiary alicyclic amines) is 1. The van der Waals surface area contributed by atoms with Crippen molar-refractivity contribution in [2.75, 3.05) is 32.8 Å². The number of allylic oxidation sites excluding steroid dienone is 1. The van der Waals surface area contributed by atoms with Crippen molar-refractivity contribution in [2.24, 2.45) is 0 Å². The maximum Gasteiger partial charge on any atom is 0.137 e. The Morgan fingerprint density at radius 3 is 2.28 bits per heavy atom. The SMILES string of the molecule is C[C@H](O)c1nccn1C(C=Cc1ccc(-c2ccc(OC3CCN(CCO)CC3)cc2)cc1)CCO. The molecule has 4 rings (SSSR count). The lowest BCUT2D eigenvalue weighted by molar-refractivity contribution is 0.0889. The van der Waals surface area contributed by atoms with Gasteiger partial charge in [-0.05, 0) is 55.0 Å². The highest BCUT2D eigenvalue weighted by Gasteiger charge is 2.20. The molecule has 3 aromatic rings. The number of β-amino-alcohol motifs (C(OH)–C–C–N with tert-alkyl or cyclic N) is 1. The molecule has 0 spiro atoms. The Hall–Kier alpha value is -2.97. The predicted octanol–water partition coefficient (Wildman–Crippen LogP) is 4.08. The van der Waals surface area contributed by atoms with Gasteiger partial charge in [0.2, 0.25) is 0 Å². The summed E-state index contributed by atoms with van der Waals surface area (Å²) < 4.78 is 8.09. The summed E-state index contributed by atoms with van der Waals surface area (Å²) in [6.07, 6.45) is 9.66. The monoisotopic (exact) mass is 491 g/mol. The molecule has 1 fully saturated rings. The summed E-state index contributed by atoms with van der Waals surface area (Å²) >= 11 is 0. The third kappa shape index (κ3) is 6.83. The van der Waals surface area contributed by atoms with Crippen molar-refractivity contribution >= 4 is 6.08 Å². The van der Waals surface area contributed by atoms with E-state index in [4.69, 9.17) is 9.84 Å². The molecule has 1 aromatic heterocycles. The number of benzene rings is 2. The van der Waals surface area contributed by atoms with Crippen LogP contribution < -0.4 is 4.74 Å². The second-order valence-electron chi connectivity index (χ2n) is 9.34. The zero-order chi connectivity index (χ0) is 25.3. The van der Waals surface area contributed by atoms with E-state index in [0.29, 0.717) is 12.2 Å². The van der Waals surface area contributed by atoms with Crippen LogP contribution >= 0.6 is 0 Å². The number of aliphatic hydroxyl groups excluding tert-OH is 3. The molecule has 7 nitrogen and oxygen atoms in total. The Morgan fingerprint density at radius 2 is 1.67 bits per heavy atom. The first-order chi connectivity index (χ1) is 17.6. The lowest BCUT2D eigenvalue weighted by atomic mass is 10.0. The molecule has 0 radical (unpaired) electrons. The second kappa shape index (κ2) is 12.8. The van der Waals surface area contributed by atoms with Gasteiger partial charge in [0, 0.05) is 38.6 Å². The molecule has 1 saturated heterocycles. The molecule has 0 amide bonds. The van der Waals surface area contributed by atoms with E-state index in [-0.39, 0.29) is 25.4 Å². The predicted molar refractivity (Wildman–Crippen MR) is 142 cm³/mol. The van der Waals surface area contributed by atoms with E-state index < -0.39 is 6.10 Å². The maximum absolute atomic E-state index is 9.97. The van der Waals surface area contributed by atoms with Crippen LogP contribution in [0.1, 0.15) is 49.7 Å². The van der Waals surface area contributed by atoms with E-state index in [1.165, 1.54) is 0 Å². The summed E-state index contributed by atoms with van der Waals surface area (Å²) in [6.45, 7) is 4.63. The van der Waals surface area contributed by atoms with Crippen LogP contribution in [0.5, 0.6) is 5.75 Å². The van der Waals surface area contributed by atoms with E-state index in [1.54, 1.807) is 13.1 Å². The van der Waals surface area contributed by atoms with Crippen molar-refractivity contribution in [1.82, 2.24) is 14.5 Å². The second-order valence-corrected chi connectivity index (χ2v) is 9.34. The minimum atomic E-state index is -0.671. The zero-order valence-electron chi connectivity index (χ0n) is 20.9. The molecule has 7 heteroatoms. The number of hydrogen-bond acceptors (Lipinski definition) is 6. The van der Waals surface area contributed by atoms with Gasteiger partial charge < -0.3 is 29.5 Å². The molecule has 3 N–H and O–H groups in total. The Bertz CT molecular complexity index is 1080. The summed E-state index contributed by atoms with van der Waals surface area (Å²) in [4.78, 5) is 6.52. The number of piperidine rings is 1. The molecule has 1 aliphatic heterocycles. The molecule has 2 aromatic carbocycles. The van der Waals surface area contributed by atoms with E-state index in [2.05, 4.69) is 46.3 Å². The molecule has 1 aliphatic rings. The van der Waals surface area contributed by atoms with Gasteiger partial charge in [-0.15, -0.1) is 0 Å². The van der Waals surface area contributed by atoms with Gasteiger partial charge in [-0.2, -0.15) is 0 Å². The first kappa shape index (κ1) is 26.1. The number of hydrogen-bond donors (Lipinski definition) is 3. The first-order valence-corrected chi connectivity index (χ1v) is 12.8. The number of rotatable bonds is 11. The van der Waals surface area contributed by atoms with E-state index in [0.717, 1.165) is 54.9 Å². The molecule has 0 bridgehead atoms. The quantitative estimate of drug-likeness (QED) is 0.375. The van der Waals surface area contributed by atoms with Crippen molar-refractivity contribution in [2.45, 2.75) is 44.4 Å². The third-order valence-electron chi connectivity index (χ3n) is 6.72. The Kier molecular flexibility index (Phi) is 9.30. The van der Waals surface area contributed by atoms with Crippen molar-refractivity contribution in [1.29, 1.82) is 0 Å². The molecule has 36 heavy (non-hydrogen) atoms. The lowest BCUT2D eigenvalue weighted by Crippen LogP contribution is -2.39. The summed E-state index contributed by atoms with van der Waals surface area (Å²) in [7, 11) is 0. The minimum absolute atomic E-state index is 0.0496. The van der Waals surface area contributed by atoms with Gasteiger partial charge in [-0.1, -0.05) is 48.6 Å². The van der Waals surface area contributed by atoms with Gasteiger partial charge in [0.25, 0.3) is 0 Å². The largest absolute Gasteiger partial charge is 0.490 e. The summed E-state index contributed by atoms with van der Waals surface area (Å²) in [5, 5.41) is 28.6. The van der Waals surface area contributed by atoms with E-state index in [1.807, 2.05) is 35.0 Å². The highest BCUT2D eigenvalue weighted by Crippen LogP contribution is 2.26. The summed E-state index contributed by atoms with van der Waals surface area (Å²) in [5.41, 5.74) is 3.33. The molecule has 1 unspecified atom stereocenters. The Labute approximate surface area is 213 Å². The van der Waals surface area contributed by atoms with Gasteiger partial charge in [-0.25, -0.2) is 4.98 Å². The topological polar surface area (TPSA) is 91.0 Å². The molecular formula is C29H37N3O4. The maximum atomic E-state index is 9.97. The summed E-state index contributed by atoms with van der Waals surface area (Å²) in [6, 6.07) is 16.5. The first-order valence-electron chi connectivity index (χ1n) is 12.8. The number of imidazole rings is 1. The van der Waals surface area contributed by atoms with Crippen LogP contribution in [0.2, 0.25) is 0 Å². The number of aromatic nitrogens is 2. The highest BCUT2D eigenvalue weighted by atomic mass is 16.5. The van der Waals surface area contributed by atoms with Gasteiger partial charge >= 0.3 is 0 Å². The van der Waals surface area contributed by atoms with Crippen molar-refractivity contribution in [3.8, 4) is 16.9 Å². The van der Waals surface area contributed by atoms with Crippen LogP contribution in [0.3, 0.4) is 0 Å². The van der Waals surface area contributed by atoms with Gasteiger partial charge in [0.15, 0.2) is 0 Å². The van der Waals surface area contributed by atoms with Crippen LogP contribution in [0.4, 0.5) is 0 Å². The Morgan fingerprint density at radius 1 is 1.00 bits per heavy atom. The molecule has 0 aliphatic carbocycles. The van der Waals surface area contributed by atoms with Crippen LogP contribution in [0.25, 0.3) is 17.2 Å². The Balaban J connectivity index is 1.36. The van der Waals surface area contributed by atoms with Crippen molar-refractivity contribution in [3.63, 3.8) is 0 Å². The fourth-order valence-electron chi connectivity index (χ4n) is 4.71. The average molecular weight is 492 g/mol. The molecule has 192 valence electrons. The fourth-order valence-corrected chi connectivity index (χ4v) is 4.71. The molecule has 0 saturated carbocycles. The standard InChI is InChI=1S/C29H37N3O4/c1-22(35)29-30-15-18-32(29)26(14-20-33)9-4-23-2-5-24(6-3-23)25-7-10-27(11-8-25)36-28-12-16-31(17-13-28)19-21-34/h2-11,15,18,22,26,28,33-35H,12-14,16-17,19-21H2,1H3/t22-,26?/m0/s1. The molecule has 2 heterocycles. The zero-order valence-corrected chi connectivity index (χ0v) is 20.9. The lowest BCUT2D eigenvalue weighted by Gasteiger charge is -2.31. The number of ether oxygens (including phenoxy) is 1. The molecular weight excluding hydrogens is 454 g/mol. The van der Waals surface area contributed by atoms with E-state index in [9.17, 15) is 10.2 Å². The van der Waals surface area contributed by atoms with Crippen LogP contribution in [0.15, 0.2) is 67.0 Å². The van der Waals surface area contributed by atoms with Crippen LogP contribution in [0, 0.1) is 0 Å². The minimum Gasteiger partial charge on any atom is -0.490 e. The number of nitrogens with zero attached hydrogens (tertiary/aromatic N) is 3.